The van der Waals surface area contributed by atoms with Crippen molar-refractivity contribution in [2.45, 2.75) is 6.04 Å². The Morgan fingerprint density at radius 2 is 1.08 bits per heavy atom. The van der Waals surface area contributed by atoms with Crippen molar-refractivity contribution in [3.8, 4) is 23.7 Å². The first kappa shape index (κ1) is 17.1. The lowest BCUT2D eigenvalue weighted by Crippen LogP contribution is -2.32. The molecule has 0 saturated heterocycles. The molecule has 1 N–H and O–H groups in total. The van der Waals surface area contributed by atoms with E-state index in [0.717, 1.165) is 11.1 Å². The Morgan fingerprint density at radius 3 is 1.54 bits per heavy atom. The number of hydrogen-bond donors (Lipinski definition) is 1. The number of nitrogens with one attached hydrogen (secondary N) is 1. The van der Waals surface area contributed by atoms with Gasteiger partial charge in [0.15, 0.2) is 6.04 Å². The van der Waals surface area contributed by atoms with Gasteiger partial charge in [0.25, 0.3) is 5.91 Å². The number of carbonyl (C=O) groups excluding carboxylic acids is 1. The molecule has 0 atom stereocenters. The second-order valence-corrected chi connectivity index (χ2v) is 5.54. The maximum atomic E-state index is 12.4. The van der Waals surface area contributed by atoms with Crippen molar-refractivity contribution in [2.24, 2.45) is 0 Å². The van der Waals surface area contributed by atoms with Crippen LogP contribution in [0.15, 0.2) is 91.0 Å². The molecule has 2 nitrogen and oxygen atoms in total. The molecule has 26 heavy (non-hydrogen) atoms. The molecular weight excluding hydrogens is 318 g/mol. The van der Waals surface area contributed by atoms with Gasteiger partial charge < -0.3 is 5.32 Å². The Kier molecular flexibility index (Phi) is 5.86. The largest absolute Gasteiger partial charge is 0.328 e. The molecule has 3 aromatic carbocycles. The fourth-order valence-corrected chi connectivity index (χ4v) is 2.27. The maximum Gasteiger partial charge on any atom is 0.252 e. The predicted molar refractivity (Wildman–Crippen MR) is 104 cm³/mol. The Hall–Kier alpha value is -3.75. The zero-order chi connectivity index (χ0) is 18.0. The van der Waals surface area contributed by atoms with E-state index >= 15 is 0 Å². The van der Waals surface area contributed by atoms with Crippen LogP contribution in [0.25, 0.3) is 0 Å². The number of rotatable bonds is 2. The fourth-order valence-electron chi connectivity index (χ4n) is 2.27. The van der Waals surface area contributed by atoms with Crippen LogP contribution in [-0.4, -0.2) is 11.9 Å². The second kappa shape index (κ2) is 8.92. The number of benzene rings is 3. The van der Waals surface area contributed by atoms with Gasteiger partial charge in [-0.25, -0.2) is 0 Å². The Labute approximate surface area is 153 Å². The zero-order valence-electron chi connectivity index (χ0n) is 14.1. The average Bonchev–Trinajstić information content (AvgIpc) is 2.72. The standard InChI is InChI=1S/C24H17NO/c26-24(22-14-8-3-9-15-22)25-23(18-16-20-10-4-1-5-11-20)19-17-21-12-6-2-7-13-21/h1-15,23H,(H,25,26). The van der Waals surface area contributed by atoms with Crippen LogP contribution < -0.4 is 5.32 Å². The summed E-state index contributed by atoms with van der Waals surface area (Å²) in [4.78, 5) is 12.4. The molecule has 0 heterocycles. The lowest BCUT2D eigenvalue weighted by molar-refractivity contribution is 0.0952. The van der Waals surface area contributed by atoms with Crippen molar-refractivity contribution >= 4 is 5.91 Å². The minimum absolute atomic E-state index is 0.194. The van der Waals surface area contributed by atoms with Crippen molar-refractivity contribution in [2.75, 3.05) is 0 Å². The molecule has 0 radical (unpaired) electrons. The monoisotopic (exact) mass is 335 g/mol. The third-order valence-corrected chi connectivity index (χ3v) is 3.58. The quantitative estimate of drug-likeness (QED) is 0.707. The minimum Gasteiger partial charge on any atom is -0.328 e. The summed E-state index contributed by atoms with van der Waals surface area (Å²) in [6.07, 6.45) is 0. The molecule has 0 saturated carbocycles. The highest BCUT2D eigenvalue weighted by atomic mass is 16.1. The molecule has 3 rings (SSSR count). The fraction of sp³-hybridized carbons (Fsp3) is 0.0417. The van der Waals surface area contributed by atoms with E-state index in [1.165, 1.54) is 0 Å². The van der Waals surface area contributed by atoms with Gasteiger partial charge in [-0.3, -0.25) is 4.79 Å². The average molecular weight is 335 g/mol. The highest BCUT2D eigenvalue weighted by Crippen LogP contribution is 2.00. The molecule has 1 amide bonds. The van der Waals surface area contributed by atoms with Crippen molar-refractivity contribution in [1.82, 2.24) is 5.32 Å². The van der Waals surface area contributed by atoms with Crippen LogP contribution in [0.3, 0.4) is 0 Å². The molecule has 0 aliphatic rings. The highest BCUT2D eigenvalue weighted by Gasteiger charge is 2.09. The van der Waals surface area contributed by atoms with Crippen molar-refractivity contribution < 1.29 is 4.79 Å². The molecule has 0 unspecified atom stereocenters. The predicted octanol–water partition coefficient (Wildman–Crippen LogP) is 3.89. The van der Waals surface area contributed by atoms with E-state index in [0.29, 0.717) is 5.56 Å². The first-order valence-corrected chi connectivity index (χ1v) is 8.30. The second-order valence-electron chi connectivity index (χ2n) is 5.54. The van der Waals surface area contributed by atoms with Crippen LogP contribution in [0.4, 0.5) is 0 Å². The zero-order valence-corrected chi connectivity index (χ0v) is 14.1. The smallest absolute Gasteiger partial charge is 0.252 e. The van der Waals surface area contributed by atoms with Gasteiger partial charge in [-0.05, 0) is 36.4 Å². The summed E-state index contributed by atoms with van der Waals surface area (Å²) in [5.74, 6) is 12.0. The molecule has 0 spiro atoms. The number of hydrogen-bond acceptors (Lipinski definition) is 1. The summed E-state index contributed by atoms with van der Waals surface area (Å²) in [6.45, 7) is 0. The van der Waals surface area contributed by atoms with Gasteiger partial charge in [0, 0.05) is 16.7 Å². The highest BCUT2D eigenvalue weighted by molar-refractivity contribution is 5.94. The maximum absolute atomic E-state index is 12.4. The molecule has 124 valence electrons. The molecule has 0 fully saturated rings. The lowest BCUT2D eigenvalue weighted by atomic mass is 10.1. The topological polar surface area (TPSA) is 29.1 Å². The van der Waals surface area contributed by atoms with Gasteiger partial charge in [-0.15, -0.1) is 0 Å². The van der Waals surface area contributed by atoms with Gasteiger partial charge in [0.2, 0.25) is 0 Å². The van der Waals surface area contributed by atoms with E-state index in [9.17, 15) is 4.79 Å². The van der Waals surface area contributed by atoms with Gasteiger partial charge in [0.1, 0.15) is 0 Å². The van der Waals surface area contributed by atoms with E-state index in [1.807, 2.05) is 78.9 Å². The number of carbonyl (C=O) groups is 1. The van der Waals surface area contributed by atoms with E-state index in [1.54, 1.807) is 12.1 Å². The normalized spacial score (nSPS) is 9.42. The third kappa shape index (κ3) is 5.13. The summed E-state index contributed by atoms with van der Waals surface area (Å²) < 4.78 is 0. The van der Waals surface area contributed by atoms with Gasteiger partial charge in [0.05, 0.1) is 0 Å². The molecular formula is C24H17NO. The van der Waals surface area contributed by atoms with E-state index in [-0.39, 0.29) is 5.91 Å². The molecule has 2 heteroatoms. The van der Waals surface area contributed by atoms with Crippen LogP contribution in [0.5, 0.6) is 0 Å². The molecule has 0 aliphatic heterocycles. The van der Waals surface area contributed by atoms with Gasteiger partial charge >= 0.3 is 0 Å². The SMILES string of the molecule is O=C(NC(C#Cc1ccccc1)C#Cc1ccccc1)c1ccccc1. The summed E-state index contributed by atoms with van der Waals surface area (Å²) in [5, 5.41) is 2.89. The van der Waals surface area contributed by atoms with E-state index < -0.39 is 6.04 Å². The Balaban J connectivity index is 1.83. The van der Waals surface area contributed by atoms with Gasteiger partial charge in [-0.2, -0.15) is 0 Å². The van der Waals surface area contributed by atoms with E-state index in [2.05, 4.69) is 29.0 Å². The van der Waals surface area contributed by atoms with E-state index in [4.69, 9.17) is 0 Å². The first-order chi connectivity index (χ1) is 12.8. The summed E-state index contributed by atoms with van der Waals surface area (Å²) in [6, 6.07) is 27.8. The van der Waals surface area contributed by atoms with Crippen molar-refractivity contribution in [1.29, 1.82) is 0 Å². The Bertz CT molecular complexity index is 914. The molecule has 3 aromatic rings. The van der Waals surface area contributed by atoms with Crippen molar-refractivity contribution in [3.63, 3.8) is 0 Å². The minimum atomic E-state index is -0.567. The van der Waals surface area contributed by atoms with Crippen LogP contribution in [0, 0.1) is 23.7 Å². The van der Waals surface area contributed by atoms with Crippen LogP contribution in [0.2, 0.25) is 0 Å². The van der Waals surface area contributed by atoms with Gasteiger partial charge in [-0.1, -0.05) is 78.3 Å². The summed E-state index contributed by atoms with van der Waals surface area (Å²) >= 11 is 0. The van der Waals surface area contributed by atoms with Crippen molar-refractivity contribution in [3.05, 3.63) is 108 Å². The number of amides is 1. The Morgan fingerprint density at radius 1 is 0.654 bits per heavy atom. The first-order valence-electron chi connectivity index (χ1n) is 8.30. The molecule has 0 aliphatic carbocycles. The van der Waals surface area contributed by atoms with Crippen LogP contribution in [-0.2, 0) is 0 Å². The third-order valence-electron chi connectivity index (χ3n) is 3.58. The summed E-state index contributed by atoms with van der Waals surface area (Å²) in [7, 11) is 0. The van der Waals surface area contributed by atoms with Crippen LogP contribution >= 0.6 is 0 Å². The molecule has 0 aromatic heterocycles. The molecule has 0 bridgehead atoms. The lowest BCUT2D eigenvalue weighted by Gasteiger charge is -2.07. The van der Waals surface area contributed by atoms with Crippen LogP contribution in [0.1, 0.15) is 21.5 Å². The summed E-state index contributed by atoms with van der Waals surface area (Å²) in [5.41, 5.74) is 2.35.